The van der Waals surface area contributed by atoms with E-state index >= 15 is 0 Å². The van der Waals surface area contributed by atoms with E-state index in [0.717, 1.165) is 0 Å². The van der Waals surface area contributed by atoms with Crippen LogP contribution in [-0.2, 0) is 0 Å². The highest BCUT2D eigenvalue weighted by Gasteiger charge is 2.03. The number of nitrogens with zero attached hydrogens (tertiary/aromatic N) is 1. The van der Waals surface area contributed by atoms with Gasteiger partial charge < -0.3 is 10.7 Å². The second-order valence-electron chi connectivity index (χ2n) is 2.26. The molecule has 0 aromatic rings. The lowest BCUT2D eigenvalue weighted by Gasteiger charge is -2.21. The van der Waals surface area contributed by atoms with E-state index < -0.39 is 0 Å². The number of hydrogen-bond donors (Lipinski definition) is 3. The van der Waals surface area contributed by atoms with Crippen LogP contribution in [0.25, 0.3) is 0 Å². The maximum atomic E-state index is 5.05. The summed E-state index contributed by atoms with van der Waals surface area (Å²) in [6.07, 6.45) is 0.198. The Hall–Kier alpha value is -0.390. The summed E-state index contributed by atoms with van der Waals surface area (Å²) in [7, 11) is 3.91. The average Bonchev–Trinajstić information content (AvgIpc) is 1.87. The molecular weight excluding hydrogens is 148 g/mol. The van der Waals surface area contributed by atoms with Gasteiger partial charge in [-0.1, -0.05) is 0 Å². The Bertz CT molecular complexity index is 114. The summed E-state index contributed by atoms with van der Waals surface area (Å²) in [6.45, 7) is 1.99. The van der Waals surface area contributed by atoms with Crippen molar-refractivity contribution in [3.8, 4) is 0 Å². The van der Waals surface area contributed by atoms with Gasteiger partial charge in [0.1, 0.15) is 0 Å². The van der Waals surface area contributed by atoms with E-state index in [1.165, 1.54) is 0 Å². The van der Waals surface area contributed by atoms with Crippen molar-refractivity contribution in [2.45, 2.75) is 13.1 Å². The molecule has 0 aromatic heterocycles. The molecule has 4 N–H and O–H groups in total. The smallest absolute Gasteiger partial charge is 0.181 e. The molecule has 0 radical (unpaired) electrons. The van der Waals surface area contributed by atoms with E-state index in [-0.39, 0.29) is 6.17 Å². The van der Waals surface area contributed by atoms with Gasteiger partial charge in [-0.05, 0) is 33.2 Å². The van der Waals surface area contributed by atoms with E-state index in [1.807, 2.05) is 25.9 Å². The molecule has 0 aliphatic rings. The van der Waals surface area contributed by atoms with Gasteiger partial charge in [0.05, 0.1) is 6.17 Å². The van der Waals surface area contributed by atoms with Gasteiger partial charge in [-0.15, -0.1) is 0 Å². The highest BCUT2D eigenvalue weighted by molar-refractivity contribution is 7.80. The van der Waals surface area contributed by atoms with Crippen molar-refractivity contribution in [3.63, 3.8) is 0 Å². The molecule has 1 atom stereocenters. The highest BCUT2D eigenvalue weighted by Crippen LogP contribution is 1.83. The van der Waals surface area contributed by atoms with Gasteiger partial charge in [-0.2, -0.15) is 0 Å². The first-order valence-electron chi connectivity index (χ1n) is 3.01. The lowest BCUT2D eigenvalue weighted by atomic mass is 10.5. The van der Waals surface area contributed by atoms with E-state index in [0.29, 0.717) is 5.11 Å². The van der Waals surface area contributed by atoms with Gasteiger partial charge in [0.15, 0.2) is 5.11 Å². The molecule has 0 fully saturated rings. The van der Waals surface area contributed by atoms with E-state index in [1.54, 1.807) is 0 Å². The molecule has 0 aliphatic heterocycles. The lowest BCUT2D eigenvalue weighted by molar-refractivity contribution is 0.295. The summed E-state index contributed by atoms with van der Waals surface area (Å²) >= 11 is 4.78. The third-order valence-corrected chi connectivity index (χ3v) is 1.48. The fourth-order valence-corrected chi connectivity index (χ4v) is 0.531. The van der Waals surface area contributed by atoms with Gasteiger partial charge in [-0.3, -0.25) is 4.90 Å². The van der Waals surface area contributed by atoms with Crippen molar-refractivity contribution in [2.24, 2.45) is 5.84 Å². The monoisotopic (exact) mass is 162 g/mol. The minimum Gasteiger partial charge on any atom is -0.346 e. The number of rotatable bonds is 2. The number of thiocarbonyl (C=S) groups is 1. The summed E-state index contributed by atoms with van der Waals surface area (Å²) in [5.41, 5.74) is 2.34. The van der Waals surface area contributed by atoms with Gasteiger partial charge in [0.25, 0.3) is 0 Å². The summed E-state index contributed by atoms with van der Waals surface area (Å²) in [5, 5.41) is 3.41. The van der Waals surface area contributed by atoms with Crippen LogP contribution in [-0.4, -0.2) is 30.3 Å². The quantitative estimate of drug-likeness (QED) is 0.215. The van der Waals surface area contributed by atoms with Gasteiger partial charge in [0, 0.05) is 0 Å². The third kappa shape index (κ3) is 3.60. The van der Waals surface area contributed by atoms with Crippen molar-refractivity contribution in [2.75, 3.05) is 14.1 Å². The Morgan fingerprint density at radius 2 is 2.10 bits per heavy atom. The van der Waals surface area contributed by atoms with E-state index in [9.17, 15) is 0 Å². The summed E-state index contributed by atoms with van der Waals surface area (Å²) in [6, 6.07) is 0. The van der Waals surface area contributed by atoms with Crippen LogP contribution in [0.5, 0.6) is 0 Å². The van der Waals surface area contributed by atoms with Crippen molar-refractivity contribution < 1.29 is 0 Å². The van der Waals surface area contributed by atoms with Crippen molar-refractivity contribution in [1.82, 2.24) is 15.6 Å². The Labute approximate surface area is 66.7 Å². The minimum absolute atomic E-state index is 0.198. The Kier molecular flexibility index (Phi) is 4.26. The third-order valence-electron chi connectivity index (χ3n) is 1.25. The molecule has 5 heteroatoms. The molecule has 0 aromatic carbocycles. The van der Waals surface area contributed by atoms with Crippen LogP contribution in [0.2, 0.25) is 0 Å². The van der Waals surface area contributed by atoms with Crippen LogP contribution in [0.1, 0.15) is 6.92 Å². The Morgan fingerprint density at radius 1 is 1.60 bits per heavy atom. The molecule has 4 nitrogen and oxygen atoms in total. The van der Waals surface area contributed by atoms with E-state index in [4.69, 9.17) is 18.1 Å². The molecule has 0 amide bonds. The largest absolute Gasteiger partial charge is 0.346 e. The number of nitrogens with one attached hydrogen (secondary N) is 2. The van der Waals surface area contributed by atoms with Crippen molar-refractivity contribution in [1.29, 1.82) is 0 Å². The second kappa shape index (κ2) is 4.43. The average molecular weight is 162 g/mol. The normalized spacial score (nSPS) is 12.9. The first kappa shape index (κ1) is 9.61. The molecule has 0 bridgehead atoms. The van der Waals surface area contributed by atoms with Crippen LogP contribution < -0.4 is 16.6 Å². The van der Waals surface area contributed by atoms with Gasteiger partial charge in [0.2, 0.25) is 0 Å². The molecule has 0 saturated carbocycles. The zero-order valence-electron chi connectivity index (χ0n) is 6.51. The number of hydrazine groups is 1. The van der Waals surface area contributed by atoms with Gasteiger partial charge >= 0.3 is 0 Å². The zero-order valence-corrected chi connectivity index (χ0v) is 7.33. The molecule has 0 spiro atoms. The first-order valence-corrected chi connectivity index (χ1v) is 3.42. The number of hydrogen-bond acceptors (Lipinski definition) is 3. The Balaban J connectivity index is 3.57. The zero-order chi connectivity index (χ0) is 8.15. The molecule has 0 heterocycles. The molecule has 10 heavy (non-hydrogen) atoms. The predicted octanol–water partition coefficient (Wildman–Crippen LogP) is -0.768. The van der Waals surface area contributed by atoms with Crippen LogP contribution in [0.15, 0.2) is 0 Å². The molecular formula is C5H14N4S. The summed E-state index contributed by atoms with van der Waals surface area (Å²) in [5.74, 6) is 5.05. The van der Waals surface area contributed by atoms with Crippen LogP contribution in [0.4, 0.5) is 0 Å². The van der Waals surface area contributed by atoms with Gasteiger partial charge in [-0.25, -0.2) is 5.84 Å². The summed E-state index contributed by atoms with van der Waals surface area (Å²) in [4.78, 5) is 1.99. The SMILES string of the molecule is CC(NC(=S)NN)N(C)C. The molecule has 0 aliphatic carbocycles. The first-order chi connectivity index (χ1) is 4.57. The fraction of sp³-hybridized carbons (Fsp3) is 0.800. The molecule has 0 rings (SSSR count). The Morgan fingerprint density at radius 3 is 2.40 bits per heavy atom. The van der Waals surface area contributed by atoms with Crippen LogP contribution in [0.3, 0.4) is 0 Å². The van der Waals surface area contributed by atoms with Crippen molar-refractivity contribution >= 4 is 17.3 Å². The molecule has 60 valence electrons. The van der Waals surface area contributed by atoms with Crippen LogP contribution in [0, 0.1) is 0 Å². The lowest BCUT2D eigenvalue weighted by Crippen LogP contribution is -2.48. The maximum Gasteiger partial charge on any atom is 0.181 e. The second-order valence-corrected chi connectivity index (χ2v) is 2.67. The predicted molar refractivity (Wildman–Crippen MR) is 46.2 cm³/mol. The topological polar surface area (TPSA) is 53.3 Å². The fourth-order valence-electron chi connectivity index (χ4n) is 0.360. The van der Waals surface area contributed by atoms with Crippen LogP contribution >= 0.6 is 12.2 Å². The number of nitrogens with two attached hydrogens (primary N) is 1. The molecule has 0 saturated heterocycles. The minimum atomic E-state index is 0.198. The summed E-state index contributed by atoms with van der Waals surface area (Å²) < 4.78 is 0. The maximum absolute atomic E-state index is 5.05. The molecule has 1 unspecified atom stereocenters. The highest BCUT2D eigenvalue weighted by atomic mass is 32.1. The standard InChI is InChI=1S/C5H14N4S/c1-4(9(2)3)7-5(10)8-6/h4H,6H2,1-3H3,(H2,7,8,10). The van der Waals surface area contributed by atoms with E-state index in [2.05, 4.69) is 10.7 Å². The van der Waals surface area contributed by atoms with Crippen molar-refractivity contribution in [3.05, 3.63) is 0 Å².